The maximum absolute atomic E-state index is 12.8. The predicted molar refractivity (Wildman–Crippen MR) is 106 cm³/mol. The van der Waals surface area contributed by atoms with Crippen LogP contribution in [0.15, 0.2) is 51.9 Å². The lowest BCUT2D eigenvalue weighted by atomic mass is 9.99. The number of phenols is 2. The van der Waals surface area contributed by atoms with E-state index in [0.29, 0.717) is 5.56 Å². The molecule has 1 saturated heterocycles. The first-order chi connectivity index (χ1) is 14.8. The molecule has 2 heterocycles. The minimum absolute atomic E-state index is 0.0359. The van der Waals surface area contributed by atoms with E-state index in [9.17, 15) is 35.4 Å². The number of fused-ring (bicyclic) bond motifs is 1. The monoisotopic (exact) mass is 432 g/mol. The molecule has 4 rings (SSSR count). The Morgan fingerprint density at radius 1 is 0.968 bits per heavy atom. The van der Waals surface area contributed by atoms with E-state index >= 15 is 0 Å². The van der Waals surface area contributed by atoms with Crippen molar-refractivity contribution < 1.29 is 44.5 Å². The summed E-state index contributed by atoms with van der Waals surface area (Å²) in [7, 11) is 0. The van der Waals surface area contributed by atoms with Crippen LogP contribution in [0.2, 0.25) is 0 Å². The molecule has 1 fully saturated rings. The van der Waals surface area contributed by atoms with Gasteiger partial charge in [-0.05, 0) is 17.7 Å². The Balaban J connectivity index is 1.59. The van der Waals surface area contributed by atoms with Crippen molar-refractivity contribution in [2.24, 2.45) is 0 Å². The number of phenolic OH excluding ortho intramolecular Hbond substituents is 2. The molecule has 0 radical (unpaired) electrons. The highest BCUT2D eigenvalue weighted by Gasteiger charge is 2.44. The summed E-state index contributed by atoms with van der Waals surface area (Å²) < 4.78 is 16.2. The number of hydrogen-bond donors (Lipinski definition) is 6. The molecule has 10 nitrogen and oxygen atoms in total. The molecule has 1 aromatic heterocycles. The Hall–Kier alpha value is -3.15. The van der Waals surface area contributed by atoms with E-state index in [1.165, 1.54) is 36.6 Å². The largest absolute Gasteiger partial charge is 0.508 e. The van der Waals surface area contributed by atoms with Gasteiger partial charge in [0.15, 0.2) is 0 Å². The number of aliphatic hydroxyl groups is 4. The van der Waals surface area contributed by atoms with Gasteiger partial charge in [0.25, 0.3) is 0 Å². The second-order valence-corrected chi connectivity index (χ2v) is 7.16. The van der Waals surface area contributed by atoms with Gasteiger partial charge >= 0.3 is 0 Å². The Morgan fingerprint density at radius 2 is 1.68 bits per heavy atom. The van der Waals surface area contributed by atoms with Crippen molar-refractivity contribution in [2.45, 2.75) is 30.7 Å². The van der Waals surface area contributed by atoms with Crippen molar-refractivity contribution in [3.8, 4) is 28.4 Å². The molecule has 0 unspecified atom stereocenters. The zero-order valence-corrected chi connectivity index (χ0v) is 16.0. The summed E-state index contributed by atoms with van der Waals surface area (Å²) >= 11 is 0. The number of rotatable bonds is 4. The summed E-state index contributed by atoms with van der Waals surface area (Å²) in [5.41, 5.74) is 0.146. The molecular formula is C21H20O10. The van der Waals surface area contributed by atoms with Gasteiger partial charge in [-0.1, -0.05) is 12.1 Å². The summed E-state index contributed by atoms with van der Waals surface area (Å²) in [5.74, 6) is -0.421. The molecule has 164 valence electrons. The molecule has 6 N–H and O–H groups in total. The molecule has 10 heteroatoms. The first-order valence-corrected chi connectivity index (χ1v) is 9.35. The van der Waals surface area contributed by atoms with Gasteiger partial charge in [0, 0.05) is 12.1 Å². The van der Waals surface area contributed by atoms with Gasteiger partial charge in [0.2, 0.25) is 11.7 Å². The van der Waals surface area contributed by atoms with Gasteiger partial charge in [-0.2, -0.15) is 0 Å². The highest BCUT2D eigenvalue weighted by molar-refractivity contribution is 5.88. The van der Waals surface area contributed by atoms with Crippen molar-refractivity contribution in [3.05, 3.63) is 52.9 Å². The lowest BCUT2D eigenvalue weighted by Crippen LogP contribution is -2.60. The minimum atomic E-state index is -1.57. The van der Waals surface area contributed by atoms with Crippen LogP contribution in [0.25, 0.3) is 22.1 Å². The highest BCUT2D eigenvalue weighted by Crippen LogP contribution is 2.30. The fraction of sp³-hybridized carbons (Fsp3) is 0.286. The standard InChI is InChI=1S/C21H20O10/c22-7-15-18(26)19(27)20(28)21(31-15)30-11-3-1-9(2-4-11)12-8-29-14-6-10(23)5-13(24)16(14)17(12)25/h1-6,8,15,18-24,26-28H,7H2/t15-,18+,19-,20-,21+/m0/s1. The zero-order valence-electron chi connectivity index (χ0n) is 16.0. The first kappa shape index (κ1) is 21.1. The van der Waals surface area contributed by atoms with E-state index in [4.69, 9.17) is 13.9 Å². The topological polar surface area (TPSA) is 170 Å². The van der Waals surface area contributed by atoms with Crippen LogP contribution >= 0.6 is 0 Å². The lowest BCUT2D eigenvalue weighted by Gasteiger charge is -2.39. The van der Waals surface area contributed by atoms with Crippen molar-refractivity contribution in [1.29, 1.82) is 0 Å². The number of aliphatic hydroxyl groups excluding tert-OH is 4. The third-order valence-corrected chi connectivity index (χ3v) is 5.11. The summed E-state index contributed by atoms with van der Waals surface area (Å²) in [6, 6.07) is 8.30. The van der Waals surface area contributed by atoms with E-state index in [2.05, 4.69) is 0 Å². The Morgan fingerprint density at radius 3 is 2.35 bits per heavy atom. The molecule has 0 amide bonds. The Labute approximate surface area is 174 Å². The van der Waals surface area contributed by atoms with Crippen LogP contribution < -0.4 is 10.2 Å². The van der Waals surface area contributed by atoms with E-state index in [0.717, 1.165) is 6.07 Å². The van der Waals surface area contributed by atoms with Crippen molar-refractivity contribution in [2.75, 3.05) is 6.61 Å². The van der Waals surface area contributed by atoms with Gasteiger partial charge in [-0.25, -0.2) is 0 Å². The first-order valence-electron chi connectivity index (χ1n) is 9.35. The van der Waals surface area contributed by atoms with Crippen LogP contribution in [0.3, 0.4) is 0 Å². The van der Waals surface area contributed by atoms with Gasteiger partial charge in [0.1, 0.15) is 58.9 Å². The molecule has 3 aromatic rings. The summed E-state index contributed by atoms with van der Waals surface area (Å²) in [6.45, 7) is -0.577. The molecule has 0 bridgehead atoms. The number of aromatic hydroxyl groups is 2. The van der Waals surface area contributed by atoms with Gasteiger partial charge in [-0.15, -0.1) is 0 Å². The molecule has 1 aliphatic rings. The van der Waals surface area contributed by atoms with E-state index in [1.807, 2.05) is 0 Å². The van der Waals surface area contributed by atoms with Gasteiger partial charge < -0.3 is 44.5 Å². The van der Waals surface area contributed by atoms with Crippen LogP contribution in [-0.4, -0.2) is 68.0 Å². The van der Waals surface area contributed by atoms with Crippen LogP contribution in [-0.2, 0) is 4.74 Å². The van der Waals surface area contributed by atoms with Crippen LogP contribution in [0.4, 0.5) is 0 Å². The quantitative estimate of drug-likeness (QED) is 0.331. The van der Waals surface area contributed by atoms with E-state index < -0.39 is 48.5 Å². The fourth-order valence-corrected chi connectivity index (χ4v) is 3.43. The molecule has 0 spiro atoms. The molecule has 31 heavy (non-hydrogen) atoms. The third kappa shape index (κ3) is 3.82. The molecular weight excluding hydrogens is 412 g/mol. The number of benzene rings is 2. The van der Waals surface area contributed by atoms with Crippen molar-refractivity contribution in [3.63, 3.8) is 0 Å². The normalized spacial score (nSPS) is 26.1. The molecule has 0 aliphatic carbocycles. The maximum atomic E-state index is 12.8. The van der Waals surface area contributed by atoms with Crippen LogP contribution in [0.1, 0.15) is 0 Å². The maximum Gasteiger partial charge on any atom is 0.229 e. The minimum Gasteiger partial charge on any atom is -0.508 e. The Kier molecular flexibility index (Phi) is 5.56. The van der Waals surface area contributed by atoms with Gasteiger partial charge in [0.05, 0.1) is 12.2 Å². The van der Waals surface area contributed by atoms with Gasteiger partial charge in [-0.3, -0.25) is 4.79 Å². The second-order valence-electron chi connectivity index (χ2n) is 7.16. The average Bonchev–Trinajstić information content (AvgIpc) is 2.74. The predicted octanol–water partition coefficient (Wildman–Crippen LogP) is 0.0499. The lowest BCUT2D eigenvalue weighted by molar-refractivity contribution is -0.277. The third-order valence-electron chi connectivity index (χ3n) is 5.11. The molecule has 5 atom stereocenters. The number of ether oxygens (including phenoxy) is 2. The molecule has 1 aliphatic heterocycles. The Bertz CT molecular complexity index is 1140. The van der Waals surface area contributed by atoms with E-state index in [-0.39, 0.29) is 28.0 Å². The smallest absolute Gasteiger partial charge is 0.229 e. The number of hydrogen-bond acceptors (Lipinski definition) is 10. The molecule has 0 saturated carbocycles. The average molecular weight is 432 g/mol. The van der Waals surface area contributed by atoms with Crippen LogP contribution in [0, 0.1) is 0 Å². The highest BCUT2D eigenvalue weighted by atomic mass is 16.7. The zero-order chi connectivity index (χ0) is 22.3. The fourth-order valence-electron chi connectivity index (χ4n) is 3.43. The van der Waals surface area contributed by atoms with Crippen LogP contribution in [0.5, 0.6) is 17.2 Å². The summed E-state index contributed by atoms with van der Waals surface area (Å²) in [5, 5.41) is 58.4. The SMILES string of the molecule is O=c1c(-c2ccc(O[C@@H]3O[C@@H](CO)[C@@H](O)[C@H](O)[C@@H]3O)cc2)coc2cc(O)cc(O)c12. The second kappa shape index (κ2) is 8.17. The summed E-state index contributed by atoms with van der Waals surface area (Å²) in [4.78, 5) is 12.8. The summed E-state index contributed by atoms with van der Waals surface area (Å²) in [6.07, 6.45) is -5.84. The molecule has 2 aromatic carbocycles. The van der Waals surface area contributed by atoms with Crippen molar-refractivity contribution in [1.82, 2.24) is 0 Å². The van der Waals surface area contributed by atoms with Crippen molar-refractivity contribution >= 4 is 11.0 Å². The van der Waals surface area contributed by atoms with E-state index in [1.54, 1.807) is 0 Å².